The predicted octanol–water partition coefficient (Wildman–Crippen LogP) is 8.22. The van der Waals surface area contributed by atoms with Crippen molar-refractivity contribution >= 4 is 27.5 Å². The molecule has 198 valence electrons. The molecule has 1 atom stereocenters. The molecular formula is C35H32N4O. The van der Waals surface area contributed by atoms with Crippen LogP contribution in [0.1, 0.15) is 36.0 Å². The highest BCUT2D eigenvalue weighted by Gasteiger charge is 2.28. The Hall–Kier alpha value is -4.77. The van der Waals surface area contributed by atoms with Gasteiger partial charge in [-0.15, -0.1) is 0 Å². The molecule has 3 aromatic carbocycles. The van der Waals surface area contributed by atoms with Gasteiger partial charge in [-0.2, -0.15) is 0 Å². The van der Waals surface area contributed by atoms with E-state index in [0.717, 1.165) is 38.9 Å². The lowest BCUT2D eigenvalue weighted by Crippen LogP contribution is -2.33. The van der Waals surface area contributed by atoms with Crippen LogP contribution in [0, 0.1) is 0 Å². The van der Waals surface area contributed by atoms with Gasteiger partial charge >= 0.3 is 0 Å². The van der Waals surface area contributed by atoms with Crippen LogP contribution in [-0.2, 0) is 5.41 Å². The second-order valence-electron chi connectivity index (χ2n) is 11.3. The average Bonchev–Trinajstić information content (AvgIpc) is 3.53. The molecule has 5 nitrogen and oxygen atoms in total. The van der Waals surface area contributed by atoms with Crippen molar-refractivity contribution in [3.05, 3.63) is 127 Å². The molecule has 0 spiro atoms. The molecule has 7 rings (SSSR count). The molecule has 0 radical (unpaired) electrons. The fourth-order valence-electron chi connectivity index (χ4n) is 5.56. The lowest BCUT2D eigenvalue weighted by molar-refractivity contribution is 0.282. The first-order valence-electron chi connectivity index (χ1n) is 15.0. The number of hydrogen-bond acceptors (Lipinski definition) is 4. The third-order valence-electron chi connectivity index (χ3n) is 7.60. The van der Waals surface area contributed by atoms with Gasteiger partial charge in [0.2, 0.25) is 0 Å². The van der Waals surface area contributed by atoms with E-state index >= 15 is 0 Å². The van der Waals surface area contributed by atoms with Gasteiger partial charge in [0.05, 0.1) is 16.7 Å². The van der Waals surface area contributed by atoms with E-state index in [1.807, 2.05) is 65.9 Å². The maximum Gasteiger partial charge on any atom is 0.137 e. The number of aromatic nitrogens is 2. The fraction of sp³-hybridized carbons (Fsp3) is 0.171. The number of para-hydroxylation sites is 1. The van der Waals surface area contributed by atoms with Crippen molar-refractivity contribution in [2.45, 2.75) is 32.4 Å². The molecule has 0 saturated carbocycles. The molecular weight excluding hydrogens is 492 g/mol. The Bertz CT molecular complexity index is 1960. The van der Waals surface area contributed by atoms with Crippen LogP contribution < -0.4 is 4.74 Å². The van der Waals surface area contributed by atoms with E-state index in [1.54, 1.807) is 6.20 Å². The van der Waals surface area contributed by atoms with Gasteiger partial charge < -0.3 is 14.5 Å². The number of benzene rings is 3. The van der Waals surface area contributed by atoms with E-state index in [2.05, 4.69) is 73.9 Å². The van der Waals surface area contributed by atoms with Crippen molar-refractivity contribution in [1.29, 1.82) is 0 Å². The molecule has 5 heteroatoms. The van der Waals surface area contributed by atoms with Crippen LogP contribution in [0.4, 0.5) is 0 Å². The summed E-state index contributed by atoms with van der Waals surface area (Å²) >= 11 is 0. The van der Waals surface area contributed by atoms with E-state index in [1.165, 1.54) is 10.5 Å². The van der Waals surface area contributed by atoms with Gasteiger partial charge in [-0.25, -0.2) is 4.98 Å². The zero-order valence-corrected chi connectivity index (χ0v) is 22.7. The Balaban J connectivity index is 1.28. The predicted molar refractivity (Wildman–Crippen MR) is 163 cm³/mol. The molecule has 5 aromatic rings. The van der Waals surface area contributed by atoms with Gasteiger partial charge in [-0.3, -0.25) is 4.57 Å². The summed E-state index contributed by atoms with van der Waals surface area (Å²) in [7, 11) is 0. The molecule has 4 heterocycles. The summed E-state index contributed by atoms with van der Waals surface area (Å²) in [5.74, 6) is 2.22. The van der Waals surface area contributed by atoms with E-state index in [0.29, 0.717) is 11.5 Å². The first-order valence-corrected chi connectivity index (χ1v) is 13.5. The molecule has 40 heavy (non-hydrogen) atoms. The number of pyridine rings is 1. The third-order valence-corrected chi connectivity index (χ3v) is 7.60. The van der Waals surface area contributed by atoms with Crippen LogP contribution in [0.15, 0.2) is 116 Å². The van der Waals surface area contributed by atoms with Crippen molar-refractivity contribution in [2.75, 3.05) is 6.98 Å². The largest absolute Gasteiger partial charge is 0.457 e. The molecule has 1 unspecified atom stereocenters. The van der Waals surface area contributed by atoms with E-state index in [4.69, 9.17) is 13.8 Å². The number of likely N-dealkylation sites (N-methyl/N-ethyl adjacent to an activating group) is 1. The lowest BCUT2D eigenvalue weighted by atomic mass is 9.88. The Morgan fingerprint density at radius 2 is 1.70 bits per heavy atom. The van der Waals surface area contributed by atoms with Gasteiger partial charge in [-0.05, 0) is 65.6 Å². The Morgan fingerprint density at radius 3 is 2.58 bits per heavy atom. The van der Waals surface area contributed by atoms with Gasteiger partial charge in [-0.1, -0.05) is 57.2 Å². The highest BCUT2D eigenvalue weighted by atomic mass is 16.5. The molecule has 0 bridgehead atoms. The van der Waals surface area contributed by atoms with E-state index < -0.39 is 13.1 Å². The van der Waals surface area contributed by atoms with Crippen LogP contribution in [-0.4, -0.2) is 32.5 Å². The van der Waals surface area contributed by atoms with Crippen molar-refractivity contribution in [1.82, 2.24) is 19.4 Å². The lowest BCUT2D eigenvalue weighted by Gasteiger charge is -2.29. The molecule has 0 N–H and O–H groups in total. The molecule has 0 amide bonds. The summed E-state index contributed by atoms with van der Waals surface area (Å²) in [6, 6.07) is 26.5. The Kier molecular flexibility index (Phi) is 4.83. The van der Waals surface area contributed by atoms with Gasteiger partial charge in [0.1, 0.15) is 23.5 Å². The Labute approximate surface area is 239 Å². The quantitative estimate of drug-likeness (QED) is 0.236. The molecule has 0 saturated heterocycles. The summed E-state index contributed by atoms with van der Waals surface area (Å²) in [6.07, 6.45) is 10.8. The molecule has 0 aliphatic carbocycles. The Morgan fingerprint density at radius 1 is 0.850 bits per heavy atom. The molecule has 2 aromatic heterocycles. The summed E-state index contributed by atoms with van der Waals surface area (Å²) in [4.78, 5) is 8.15. The van der Waals surface area contributed by atoms with Crippen LogP contribution in [0.3, 0.4) is 0 Å². The van der Waals surface area contributed by atoms with Crippen LogP contribution in [0.5, 0.6) is 11.5 Å². The molecule has 0 fully saturated rings. The second-order valence-corrected chi connectivity index (χ2v) is 11.3. The maximum absolute atomic E-state index is 8.02. The zero-order valence-electron chi connectivity index (χ0n) is 25.7. The first-order chi connectivity index (χ1) is 20.6. The summed E-state index contributed by atoms with van der Waals surface area (Å²) in [5.41, 5.74) is 4.96. The number of rotatable bonds is 4. The van der Waals surface area contributed by atoms with E-state index in [-0.39, 0.29) is 5.41 Å². The number of hydrogen-bond donors (Lipinski definition) is 0. The first kappa shape index (κ1) is 21.1. The average molecular weight is 528 g/mol. The zero-order chi connectivity index (χ0) is 29.9. The maximum atomic E-state index is 8.02. The van der Waals surface area contributed by atoms with E-state index in [9.17, 15) is 0 Å². The monoisotopic (exact) mass is 527 g/mol. The minimum atomic E-state index is -2.26. The summed E-state index contributed by atoms with van der Waals surface area (Å²) in [5, 5.41) is 2.27. The molecule has 2 aliphatic rings. The molecule has 2 aliphatic heterocycles. The number of allylic oxidation sites excluding steroid dienone is 2. The van der Waals surface area contributed by atoms with Crippen LogP contribution >= 0.6 is 0 Å². The summed E-state index contributed by atoms with van der Waals surface area (Å²) in [6.45, 7) is 4.36. The number of ether oxygens (including phenoxy) is 1. The van der Waals surface area contributed by atoms with Crippen molar-refractivity contribution in [3.63, 3.8) is 0 Å². The SMILES string of the molecule is [2H]C([2H])([2H])N1C=C(c2cccc(Oc3ccc4c5ccccc5n(-c5cc(C(C)(C)C)ccn5)c4c3)c2)N2C=CC=CC21. The van der Waals surface area contributed by atoms with Crippen LogP contribution in [0.2, 0.25) is 0 Å². The minimum Gasteiger partial charge on any atom is -0.457 e. The summed E-state index contributed by atoms with van der Waals surface area (Å²) < 4.78 is 32.7. The number of fused-ring (bicyclic) bond motifs is 4. The standard InChI is InChI=1S/C35H32N4O/c1-35(2,3)25-17-18-36-33(21-25)39-30-13-6-5-12-28(30)29-16-15-27(22-31(29)39)40-26-11-9-10-24(20-26)32-23-37(4)34-14-7-8-19-38(32)34/h5-23,34H,1-4H3/i4D3. The van der Waals surface area contributed by atoms with Gasteiger partial charge in [0.15, 0.2) is 0 Å². The normalized spacial score (nSPS) is 18.0. The topological polar surface area (TPSA) is 33.5 Å². The highest BCUT2D eigenvalue weighted by molar-refractivity contribution is 6.09. The van der Waals surface area contributed by atoms with Gasteiger partial charge in [0.25, 0.3) is 0 Å². The second kappa shape index (κ2) is 9.16. The van der Waals surface area contributed by atoms with Crippen molar-refractivity contribution in [2.24, 2.45) is 0 Å². The fourth-order valence-corrected chi connectivity index (χ4v) is 5.56. The number of nitrogens with zero attached hydrogens (tertiary/aromatic N) is 4. The van der Waals surface area contributed by atoms with Crippen LogP contribution in [0.25, 0.3) is 33.3 Å². The van der Waals surface area contributed by atoms with Crippen molar-refractivity contribution in [3.8, 4) is 17.3 Å². The van der Waals surface area contributed by atoms with Crippen molar-refractivity contribution < 1.29 is 8.85 Å². The minimum absolute atomic E-state index is 0.00862. The highest BCUT2D eigenvalue weighted by Crippen LogP contribution is 2.37. The smallest absolute Gasteiger partial charge is 0.137 e. The van der Waals surface area contributed by atoms with Gasteiger partial charge in [0, 0.05) is 52.1 Å². The third kappa shape index (κ3) is 4.06.